The monoisotopic (exact) mass is 393 g/mol. The molecule has 152 valence electrons. The smallest absolute Gasteiger partial charge is 0.227 e. The van der Waals surface area contributed by atoms with Gasteiger partial charge in [-0.25, -0.2) is 0 Å². The fourth-order valence-corrected chi connectivity index (χ4v) is 4.03. The molecule has 2 amide bonds. The number of aliphatic hydroxyl groups excluding tert-OH is 1. The van der Waals surface area contributed by atoms with E-state index >= 15 is 0 Å². The third-order valence-electron chi connectivity index (χ3n) is 5.34. The molecule has 0 bridgehead atoms. The second kappa shape index (κ2) is 9.47. The van der Waals surface area contributed by atoms with Crippen LogP contribution in [0.25, 0.3) is 6.08 Å². The lowest BCUT2D eigenvalue weighted by Crippen LogP contribution is -2.68. The fraction of sp³-hybridized carbons (Fsp3) is 0.348. The van der Waals surface area contributed by atoms with Crippen LogP contribution in [0.3, 0.4) is 0 Å². The van der Waals surface area contributed by atoms with E-state index in [0.29, 0.717) is 6.54 Å². The van der Waals surface area contributed by atoms with Gasteiger partial charge in [0.05, 0.1) is 25.1 Å². The van der Waals surface area contributed by atoms with E-state index in [4.69, 9.17) is 0 Å². The number of pyridine rings is 1. The van der Waals surface area contributed by atoms with Crippen molar-refractivity contribution >= 4 is 17.9 Å². The van der Waals surface area contributed by atoms with Gasteiger partial charge in [-0.15, -0.1) is 0 Å². The predicted octanol–water partition coefficient (Wildman–Crippen LogP) is 2.15. The highest BCUT2D eigenvalue weighted by Crippen LogP contribution is 2.41. The van der Waals surface area contributed by atoms with Crippen LogP contribution >= 0.6 is 0 Å². The molecule has 1 aliphatic rings. The number of benzene rings is 1. The Morgan fingerprint density at radius 1 is 1.21 bits per heavy atom. The van der Waals surface area contributed by atoms with Crippen molar-refractivity contribution in [3.63, 3.8) is 0 Å². The van der Waals surface area contributed by atoms with Crippen LogP contribution in [0.1, 0.15) is 36.5 Å². The number of likely N-dealkylation sites (tertiary alicyclic amines) is 1. The maximum absolute atomic E-state index is 13.0. The van der Waals surface area contributed by atoms with E-state index in [0.717, 1.165) is 16.7 Å². The molecule has 6 heteroatoms. The SMILES string of the molecule is CC=Cc1ccc([C@H]2[C@@H](CO)N(C(=O)Cc3cccnc3)[C@H]2CNC(C)=O)cc1. The standard InChI is InChI=1S/C23H27N3O3/c1-3-5-17-7-9-19(10-8-17)23-20(14-25-16(2)28)26(21(23)15-27)22(29)12-18-6-4-11-24-13-18/h3-11,13,20-21,23,27H,12,14-15H2,1-2H3,(H,25,28)/t20-,21+,23+/m0/s1. The molecule has 2 heterocycles. The van der Waals surface area contributed by atoms with Gasteiger partial charge in [-0.05, 0) is 29.7 Å². The summed E-state index contributed by atoms with van der Waals surface area (Å²) in [5.74, 6) is -0.252. The third kappa shape index (κ3) is 4.71. The molecule has 0 unspecified atom stereocenters. The van der Waals surface area contributed by atoms with Crippen molar-refractivity contribution in [3.8, 4) is 0 Å². The molecule has 0 saturated carbocycles. The van der Waals surface area contributed by atoms with Crippen LogP contribution in [0.15, 0.2) is 54.9 Å². The van der Waals surface area contributed by atoms with E-state index in [1.807, 2.05) is 49.4 Å². The zero-order valence-electron chi connectivity index (χ0n) is 16.8. The Hall–Kier alpha value is -2.99. The van der Waals surface area contributed by atoms with E-state index < -0.39 is 0 Å². The summed E-state index contributed by atoms with van der Waals surface area (Å²) >= 11 is 0. The number of hydrogen-bond donors (Lipinski definition) is 2. The second-order valence-corrected chi connectivity index (χ2v) is 7.29. The van der Waals surface area contributed by atoms with E-state index in [9.17, 15) is 14.7 Å². The largest absolute Gasteiger partial charge is 0.394 e. The summed E-state index contributed by atoms with van der Waals surface area (Å²) in [5.41, 5.74) is 2.98. The Bertz CT molecular complexity index is 865. The molecule has 0 aliphatic carbocycles. The normalized spacial score (nSPS) is 21.1. The van der Waals surface area contributed by atoms with Crippen molar-refractivity contribution < 1.29 is 14.7 Å². The molecule has 0 radical (unpaired) electrons. The first kappa shape index (κ1) is 20.7. The van der Waals surface area contributed by atoms with Gasteiger partial charge < -0.3 is 15.3 Å². The number of carbonyl (C=O) groups is 2. The van der Waals surface area contributed by atoms with E-state index in [-0.39, 0.29) is 42.8 Å². The average molecular weight is 393 g/mol. The fourth-order valence-electron chi connectivity index (χ4n) is 4.03. The van der Waals surface area contributed by atoms with Gasteiger partial charge in [0.1, 0.15) is 0 Å². The lowest BCUT2D eigenvalue weighted by Gasteiger charge is -2.55. The average Bonchev–Trinajstić information content (AvgIpc) is 2.69. The van der Waals surface area contributed by atoms with Gasteiger partial charge in [-0.1, -0.05) is 42.5 Å². The molecule has 1 aromatic carbocycles. The van der Waals surface area contributed by atoms with Crippen molar-refractivity contribution in [1.82, 2.24) is 15.2 Å². The van der Waals surface area contributed by atoms with E-state index in [2.05, 4.69) is 10.3 Å². The molecule has 1 aromatic heterocycles. The molecule has 0 spiro atoms. The molecule has 2 aromatic rings. The van der Waals surface area contributed by atoms with Gasteiger partial charge in [-0.2, -0.15) is 0 Å². The first-order valence-electron chi connectivity index (χ1n) is 9.83. The molecule has 2 N–H and O–H groups in total. The van der Waals surface area contributed by atoms with Gasteiger partial charge >= 0.3 is 0 Å². The van der Waals surface area contributed by atoms with Crippen LogP contribution in [-0.4, -0.2) is 52.0 Å². The summed E-state index contributed by atoms with van der Waals surface area (Å²) in [6.45, 7) is 3.66. The van der Waals surface area contributed by atoms with Gasteiger partial charge in [0.15, 0.2) is 0 Å². The minimum atomic E-state index is -0.314. The Morgan fingerprint density at radius 2 is 1.97 bits per heavy atom. The van der Waals surface area contributed by atoms with Crippen molar-refractivity contribution in [1.29, 1.82) is 0 Å². The molecule has 1 fully saturated rings. The number of nitrogens with one attached hydrogen (secondary N) is 1. The Balaban J connectivity index is 1.83. The Morgan fingerprint density at radius 3 is 2.55 bits per heavy atom. The highest BCUT2D eigenvalue weighted by atomic mass is 16.3. The van der Waals surface area contributed by atoms with Crippen LogP contribution in [-0.2, 0) is 16.0 Å². The van der Waals surface area contributed by atoms with Crippen molar-refractivity contribution in [2.75, 3.05) is 13.2 Å². The zero-order valence-corrected chi connectivity index (χ0v) is 16.8. The van der Waals surface area contributed by atoms with Crippen LogP contribution in [0.2, 0.25) is 0 Å². The zero-order chi connectivity index (χ0) is 20.8. The number of rotatable bonds is 7. The highest BCUT2D eigenvalue weighted by Gasteiger charge is 2.50. The summed E-state index contributed by atoms with van der Waals surface area (Å²) in [6.07, 6.45) is 7.56. The minimum absolute atomic E-state index is 0.0376. The van der Waals surface area contributed by atoms with Crippen LogP contribution < -0.4 is 5.32 Å². The highest BCUT2D eigenvalue weighted by molar-refractivity contribution is 5.81. The van der Waals surface area contributed by atoms with Crippen LogP contribution in [0, 0.1) is 0 Å². The molecular weight excluding hydrogens is 366 g/mol. The molecule has 3 atom stereocenters. The Labute approximate surface area is 171 Å². The molecule has 6 nitrogen and oxygen atoms in total. The summed E-state index contributed by atoms with van der Waals surface area (Å²) in [5, 5.41) is 12.9. The molecule has 29 heavy (non-hydrogen) atoms. The summed E-state index contributed by atoms with van der Waals surface area (Å²) in [4.78, 5) is 30.3. The number of aromatic nitrogens is 1. The maximum atomic E-state index is 13.0. The molecular formula is C23H27N3O3. The molecule has 3 rings (SSSR count). The minimum Gasteiger partial charge on any atom is -0.394 e. The first-order chi connectivity index (χ1) is 14.0. The number of allylic oxidation sites excluding steroid dienone is 1. The van der Waals surface area contributed by atoms with Gasteiger partial charge in [0, 0.05) is 31.8 Å². The Kier molecular flexibility index (Phi) is 6.77. The molecule has 1 saturated heterocycles. The van der Waals surface area contributed by atoms with Gasteiger partial charge in [0.25, 0.3) is 0 Å². The second-order valence-electron chi connectivity index (χ2n) is 7.29. The van der Waals surface area contributed by atoms with Gasteiger partial charge in [-0.3, -0.25) is 14.6 Å². The van der Waals surface area contributed by atoms with Crippen LogP contribution in [0.4, 0.5) is 0 Å². The lowest BCUT2D eigenvalue weighted by molar-refractivity contribution is -0.150. The van der Waals surface area contributed by atoms with Crippen LogP contribution in [0.5, 0.6) is 0 Å². The number of hydrogen-bond acceptors (Lipinski definition) is 4. The van der Waals surface area contributed by atoms with Crippen molar-refractivity contribution in [3.05, 3.63) is 71.6 Å². The lowest BCUT2D eigenvalue weighted by atomic mass is 9.74. The van der Waals surface area contributed by atoms with Crippen molar-refractivity contribution in [2.24, 2.45) is 0 Å². The van der Waals surface area contributed by atoms with E-state index in [1.165, 1.54) is 6.92 Å². The number of aliphatic hydroxyl groups is 1. The summed E-state index contributed by atoms with van der Waals surface area (Å²) in [6, 6.07) is 11.3. The van der Waals surface area contributed by atoms with Crippen molar-refractivity contribution in [2.45, 2.75) is 38.3 Å². The van der Waals surface area contributed by atoms with Gasteiger partial charge in [0.2, 0.25) is 11.8 Å². The number of amides is 2. The van der Waals surface area contributed by atoms with E-state index in [1.54, 1.807) is 23.4 Å². The number of carbonyl (C=O) groups excluding carboxylic acids is 2. The summed E-state index contributed by atoms with van der Waals surface area (Å²) in [7, 11) is 0. The topological polar surface area (TPSA) is 82.5 Å². The predicted molar refractivity (Wildman–Crippen MR) is 112 cm³/mol. The summed E-state index contributed by atoms with van der Waals surface area (Å²) < 4.78 is 0. The number of nitrogens with zero attached hydrogens (tertiary/aromatic N) is 2. The maximum Gasteiger partial charge on any atom is 0.227 e. The first-order valence-corrected chi connectivity index (χ1v) is 9.83. The third-order valence-corrected chi connectivity index (χ3v) is 5.34. The quantitative estimate of drug-likeness (QED) is 0.755. The molecule has 1 aliphatic heterocycles.